The van der Waals surface area contributed by atoms with E-state index >= 15 is 0 Å². The van der Waals surface area contributed by atoms with Crippen LogP contribution < -0.4 is 11.1 Å². The van der Waals surface area contributed by atoms with E-state index in [1.54, 1.807) is 30.5 Å². The van der Waals surface area contributed by atoms with E-state index in [9.17, 15) is 0 Å². The van der Waals surface area contributed by atoms with Gasteiger partial charge in [-0.3, -0.25) is 10.1 Å². The molecule has 1 unspecified atom stereocenters. The summed E-state index contributed by atoms with van der Waals surface area (Å²) in [7, 11) is 0. The first-order chi connectivity index (χ1) is 12.5. The number of aliphatic imine (C=N–C) groups is 1. The average molecular weight is 521 g/mol. The molecule has 10 heteroatoms. The molecule has 0 spiro atoms. The molecule has 2 aromatic heterocycles. The van der Waals surface area contributed by atoms with Crippen molar-refractivity contribution in [1.82, 2.24) is 20.5 Å². The Labute approximate surface area is 183 Å². The minimum atomic E-state index is -0.0978. The fourth-order valence-electron chi connectivity index (χ4n) is 2.40. The molecule has 0 aliphatic heterocycles. The van der Waals surface area contributed by atoms with Crippen LogP contribution in [-0.2, 0) is 6.42 Å². The van der Waals surface area contributed by atoms with Gasteiger partial charge in [-0.2, -0.15) is 5.10 Å². The Kier molecular flexibility index (Phi) is 7.93. The van der Waals surface area contributed by atoms with Crippen molar-refractivity contribution >= 4 is 53.1 Å². The predicted octanol–water partition coefficient (Wildman–Crippen LogP) is 4.20. The number of nitrogens with two attached hydrogens (primary N) is 1. The first kappa shape index (κ1) is 21.5. The van der Waals surface area contributed by atoms with E-state index in [0.717, 1.165) is 5.56 Å². The number of halogens is 3. The SMILES string of the molecule is CC(NC(N)=NCCc1nc(-c2ccco2)n[nH]1)c1ccc(Cl)cc1Cl.I. The van der Waals surface area contributed by atoms with Gasteiger partial charge in [0.25, 0.3) is 0 Å². The Morgan fingerprint density at radius 2 is 2.19 bits per heavy atom. The molecule has 1 aromatic carbocycles. The zero-order chi connectivity index (χ0) is 18.5. The number of rotatable bonds is 6. The third-order valence-electron chi connectivity index (χ3n) is 3.70. The van der Waals surface area contributed by atoms with Crippen molar-refractivity contribution in [3.63, 3.8) is 0 Å². The molecule has 0 amide bonds. The molecular weight excluding hydrogens is 502 g/mol. The van der Waals surface area contributed by atoms with E-state index < -0.39 is 0 Å². The normalized spacial score (nSPS) is 12.5. The van der Waals surface area contributed by atoms with Gasteiger partial charge in [0.15, 0.2) is 11.7 Å². The van der Waals surface area contributed by atoms with Gasteiger partial charge in [0, 0.05) is 23.0 Å². The third-order valence-corrected chi connectivity index (χ3v) is 4.26. The quantitative estimate of drug-likeness (QED) is 0.256. The molecule has 144 valence electrons. The van der Waals surface area contributed by atoms with E-state index in [1.165, 1.54) is 0 Å². The summed E-state index contributed by atoms with van der Waals surface area (Å²) in [5, 5.41) is 11.3. The predicted molar refractivity (Wildman–Crippen MR) is 118 cm³/mol. The lowest BCUT2D eigenvalue weighted by molar-refractivity contribution is 0.577. The number of H-pyrrole nitrogens is 1. The lowest BCUT2D eigenvalue weighted by Gasteiger charge is -2.16. The van der Waals surface area contributed by atoms with Crippen molar-refractivity contribution in [2.75, 3.05) is 6.54 Å². The van der Waals surface area contributed by atoms with Crippen molar-refractivity contribution in [3.8, 4) is 11.6 Å². The number of furan rings is 1. The fraction of sp³-hybridized carbons (Fsp3) is 0.235. The molecule has 3 rings (SSSR count). The maximum atomic E-state index is 6.20. The van der Waals surface area contributed by atoms with Crippen molar-refractivity contribution < 1.29 is 4.42 Å². The topological polar surface area (TPSA) is 105 Å². The summed E-state index contributed by atoms with van der Waals surface area (Å²) in [4.78, 5) is 8.66. The summed E-state index contributed by atoms with van der Waals surface area (Å²) < 4.78 is 5.26. The number of aromatic nitrogens is 3. The second-order valence-electron chi connectivity index (χ2n) is 5.63. The molecular formula is C17H19Cl2IN6O. The van der Waals surface area contributed by atoms with Gasteiger partial charge in [0.05, 0.1) is 12.3 Å². The Morgan fingerprint density at radius 1 is 1.37 bits per heavy atom. The number of hydrogen-bond acceptors (Lipinski definition) is 4. The van der Waals surface area contributed by atoms with Crippen LogP contribution in [0.5, 0.6) is 0 Å². The monoisotopic (exact) mass is 520 g/mol. The zero-order valence-electron chi connectivity index (χ0n) is 14.4. The number of hydrogen-bond donors (Lipinski definition) is 3. The van der Waals surface area contributed by atoms with Gasteiger partial charge in [-0.25, -0.2) is 4.98 Å². The first-order valence-electron chi connectivity index (χ1n) is 7.99. The van der Waals surface area contributed by atoms with Gasteiger partial charge < -0.3 is 15.5 Å². The van der Waals surface area contributed by atoms with Crippen LogP contribution in [0.4, 0.5) is 0 Å². The van der Waals surface area contributed by atoms with Crippen LogP contribution in [0, 0.1) is 0 Å². The van der Waals surface area contributed by atoms with Crippen LogP contribution in [0.3, 0.4) is 0 Å². The van der Waals surface area contributed by atoms with E-state index in [0.29, 0.717) is 46.4 Å². The maximum absolute atomic E-state index is 6.20. The number of nitrogens with one attached hydrogen (secondary N) is 2. The summed E-state index contributed by atoms with van der Waals surface area (Å²) in [6, 6.07) is 8.84. The zero-order valence-corrected chi connectivity index (χ0v) is 18.3. The highest BCUT2D eigenvalue weighted by Gasteiger charge is 2.11. The molecule has 7 nitrogen and oxygen atoms in total. The van der Waals surface area contributed by atoms with Crippen LogP contribution in [0.2, 0.25) is 10.0 Å². The molecule has 0 saturated heterocycles. The van der Waals surface area contributed by atoms with Gasteiger partial charge >= 0.3 is 0 Å². The van der Waals surface area contributed by atoms with Gasteiger partial charge in [-0.05, 0) is 36.8 Å². The third kappa shape index (κ3) is 5.85. The lowest BCUT2D eigenvalue weighted by atomic mass is 10.1. The summed E-state index contributed by atoms with van der Waals surface area (Å²) in [6.07, 6.45) is 2.16. The lowest BCUT2D eigenvalue weighted by Crippen LogP contribution is -2.34. The molecule has 2 heterocycles. The summed E-state index contributed by atoms with van der Waals surface area (Å²) in [5.41, 5.74) is 6.84. The van der Waals surface area contributed by atoms with Gasteiger partial charge in [-0.1, -0.05) is 29.3 Å². The average Bonchev–Trinajstić information content (AvgIpc) is 3.25. The molecule has 0 radical (unpaired) electrons. The molecule has 1 atom stereocenters. The highest BCUT2D eigenvalue weighted by Crippen LogP contribution is 2.25. The summed E-state index contributed by atoms with van der Waals surface area (Å²) in [5.74, 6) is 2.17. The number of nitrogens with zero attached hydrogens (tertiary/aromatic N) is 3. The van der Waals surface area contributed by atoms with Gasteiger partial charge in [-0.15, -0.1) is 24.0 Å². The minimum Gasteiger partial charge on any atom is -0.461 e. The molecule has 27 heavy (non-hydrogen) atoms. The van der Waals surface area contributed by atoms with Crippen LogP contribution in [-0.4, -0.2) is 27.7 Å². The number of aromatic amines is 1. The highest BCUT2D eigenvalue weighted by atomic mass is 127. The second kappa shape index (κ2) is 9.95. The van der Waals surface area contributed by atoms with Gasteiger partial charge in [0.2, 0.25) is 5.82 Å². The second-order valence-corrected chi connectivity index (χ2v) is 6.48. The van der Waals surface area contributed by atoms with E-state index in [4.69, 9.17) is 33.4 Å². The van der Waals surface area contributed by atoms with E-state index in [1.807, 2.05) is 13.0 Å². The van der Waals surface area contributed by atoms with Crippen molar-refractivity contribution in [2.24, 2.45) is 10.7 Å². The fourth-order valence-corrected chi connectivity index (χ4v) is 2.98. The molecule has 0 saturated carbocycles. The van der Waals surface area contributed by atoms with Crippen LogP contribution >= 0.6 is 47.2 Å². The molecule has 4 N–H and O–H groups in total. The number of guanidine groups is 1. The van der Waals surface area contributed by atoms with Crippen molar-refractivity contribution in [3.05, 3.63) is 58.0 Å². The van der Waals surface area contributed by atoms with Gasteiger partial charge in [0.1, 0.15) is 5.82 Å². The minimum absolute atomic E-state index is 0. The Bertz CT molecular complexity index is 897. The molecule has 0 aliphatic rings. The van der Waals surface area contributed by atoms with Crippen molar-refractivity contribution in [2.45, 2.75) is 19.4 Å². The van der Waals surface area contributed by atoms with Crippen LogP contribution in [0.25, 0.3) is 11.6 Å². The molecule has 0 aliphatic carbocycles. The van der Waals surface area contributed by atoms with E-state index in [-0.39, 0.29) is 30.0 Å². The molecule has 3 aromatic rings. The summed E-state index contributed by atoms with van der Waals surface area (Å²) >= 11 is 12.1. The Morgan fingerprint density at radius 3 is 2.89 bits per heavy atom. The maximum Gasteiger partial charge on any atom is 0.216 e. The summed E-state index contributed by atoms with van der Waals surface area (Å²) in [6.45, 7) is 2.41. The standard InChI is InChI=1S/C17H18Cl2N6O.HI/c1-10(12-5-4-11(18)9-13(12)19)22-17(20)21-7-6-15-23-16(25-24-15)14-3-2-8-26-14;/h2-5,8-10H,6-7H2,1H3,(H3,20,21,22)(H,23,24,25);1H. The molecule has 0 bridgehead atoms. The van der Waals surface area contributed by atoms with E-state index in [2.05, 4.69) is 25.5 Å². The van der Waals surface area contributed by atoms with Crippen molar-refractivity contribution in [1.29, 1.82) is 0 Å². The van der Waals surface area contributed by atoms with Crippen LogP contribution in [0.15, 0.2) is 46.0 Å². The Balaban J connectivity index is 0.00000261. The smallest absolute Gasteiger partial charge is 0.216 e. The Hall–Kier alpha value is -1.78. The van der Waals surface area contributed by atoms with Crippen LogP contribution in [0.1, 0.15) is 24.4 Å². The molecule has 0 fully saturated rings. The largest absolute Gasteiger partial charge is 0.461 e. The first-order valence-corrected chi connectivity index (χ1v) is 8.75. The highest BCUT2D eigenvalue weighted by molar-refractivity contribution is 14.0. The number of benzene rings is 1.